The van der Waals surface area contributed by atoms with E-state index in [0.29, 0.717) is 11.6 Å². The zero-order chi connectivity index (χ0) is 11.5. The van der Waals surface area contributed by atoms with E-state index in [9.17, 15) is 9.59 Å². The van der Waals surface area contributed by atoms with Gasteiger partial charge >= 0.3 is 0 Å². The van der Waals surface area contributed by atoms with Crippen molar-refractivity contribution in [2.45, 2.75) is 12.3 Å². The van der Waals surface area contributed by atoms with Crippen LogP contribution in [0, 0.1) is 5.92 Å². The maximum Gasteiger partial charge on any atom is 0.230 e. The summed E-state index contributed by atoms with van der Waals surface area (Å²) in [6.07, 6.45) is 1.50. The molecule has 1 amide bonds. The molecule has 84 valence electrons. The van der Waals surface area contributed by atoms with E-state index in [1.807, 2.05) is 18.2 Å². The number of hydrogen-bond acceptors (Lipinski definition) is 2. The molecule has 1 aliphatic rings. The highest BCUT2D eigenvalue weighted by Crippen LogP contribution is 2.30. The second-order valence-corrected chi connectivity index (χ2v) is 4.34. The van der Waals surface area contributed by atoms with Crippen LogP contribution < -0.4 is 5.32 Å². The molecule has 1 fully saturated rings. The number of hydrogen-bond donors (Lipinski definition) is 1. The fourth-order valence-corrected chi connectivity index (χ4v) is 2.30. The maximum atomic E-state index is 11.5. The summed E-state index contributed by atoms with van der Waals surface area (Å²) in [5.74, 6) is -0.830. The molecule has 1 saturated heterocycles. The molecule has 16 heavy (non-hydrogen) atoms. The Labute approximate surface area is 98.8 Å². The molecule has 0 aliphatic carbocycles. The molecule has 1 aliphatic heterocycles. The molecular weight excluding hydrogens is 226 g/mol. The molecule has 0 saturated carbocycles. The Kier molecular flexibility index (Phi) is 3.25. The highest BCUT2D eigenvalue weighted by Gasteiger charge is 2.32. The Morgan fingerprint density at radius 1 is 1.44 bits per heavy atom. The van der Waals surface area contributed by atoms with Crippen molar-refractivity contribution in [1.29, 1.82) is 0 Å². The second kappa shape index (κ2) is 4.66. The van der Waals surface area contributed by atoms with Gasteiger partial charge in [-0.15, -0.1) is 0 Å². The maximum absolute atomic E-state index is 11.5. The number of piperidine rings is 1. The minimum absolute atomic E-state index is 0.0510. The third kappa shape index (κ3) is 2.09. The summed E-state index contributed by atoms with van der Waals surface area (Å²) in [5, 5.41) is 3.33. The molecule has 3 nitrogen and oxygen atoms in total. The molecule has 2 rings (SSSR count). The smallest absolute Gasteiger partial charge is 0.230 e. The molecule has 0 unspecified atom stereocenters. The summed E-state index contributed by atoms with van der Waals surface area (Å²) in [4.78, 5) is 22.5. The number of halogens is 1. The lowest BCUT2D eigenvalue weighted by Gasteiger charge is -2.27. The average Bonchev–Trinajstić information content (AvgIpc) is 2.28. The van der Waals surface area contributed by atoms with Crippen LogP contribution in [0.4, 0.5) is 0 Å². The van der Waals surface area contributed by atoms with E-state index in [4.69, 9.17) is 11.6 Å². The van der Waals surface area contributed by atoms with Gasteiger partial charge in [-0.3, -0.25) is 4.79 Å². The summed E-state index contributed by atoms with van der Waals surface area (Å²) < 4.78 is 0. The van der Waals surface area contributed by atoms with Crippen molar-refractivity contribution >= 4 is 23.8 Å². The van der Waals surface area contributed by atoms with E-state index in [1.54, 1.807) is 6.07 Å². The average molecular weight is 238 g/mol. The third-order valence-electron chi connectivity index (χ3n) is 2.91. The predicted molar refractivity (Wildman–Crippen MR) is 61.4 cm³/mol. The lowest BCUT2D eigenvalue weighted by atomic mass is 9.81. The van der Waals surface area contributed by atoms with E-state index < -0.39 is 5.92 Å². The summed E-state index contributed by atoms with van der Waals surface area (Å²) in [6.45, 7) is 0.611. The van der Waals surface area contributed by atoms with Gasteiger partial charge in [-0.1, -0.05) is 23.7 Å². The first-order chi connectivity index (χ1) is 7.72. The molecular formula is C12H12ClNO2. The Bertz CT molecular complexity index is 419. The van der Waals surface area contributed by atoms with Crippen molar-refractivity contribution in [2.75, 3.05) is 6.54 Å². The first-order valence-electron chi connectivity index (χ1n) is 5.21. The van der Waals surface area contributed by atoms with Crippen LogP contribution >= 0.6 is 11.6 Å². The number of aldehydes is 1. The molecule has 0 radical (unpaired) electrons. The quantitative estimate of drug-likeness (QED) is 0.629. The van der Waals surface area contributed by atoms with E-state index in [1.165, 1.54) is 0 Å². The van der Waals surface area contributed by atoms with Crippen LogP contribution in [0.2, 0.25) is 5.02 Å². The Morgan fingerprint density at radius 3 is 2.94 bits per heavy atom. The van der Waals surface area contributed by atoms with Crippen LogP contribution in [-0.4, -0.2) is 18.7 Å². The van der Waals surface area contributed by atoms with E-state index in [2.05, 4.69) is 5.32 Å². The van der Waals surface area contributed by atoms with Gasteiger partial charge < -0.3 is 10.1 Å². The van der Waals surface area contributed by atoms with Crippen LogP contribution in [0.15, 0.2) is 24.3 Å². The fraction of sp³-hybridized carbons (Fsp3) is 0.333. The number of carbonyl (C=O) groups excluding carboxylic acids is 2. The first kappa shape index (κ1) is 11.1. The van der Waals surface area contributed by atoms with Crippen LogP contribution in [-0.2, 0) is 9.59 Å². The summed E-state index contributed by atoms with van der Waals surface area (Å²) in [5.41, 5.74) is 0.958. The monoisotopic (exact) mass is 237 g/mol. The van der Waals surface area contributed by atoms with Gasteiger partial charge in [-0.25, -0.2) is 0 Å². The van der Waals surface area contributed by atoms with E-state index in [0.717, 1.165) is 18.3 Å². The van der Waals surface area contributed by atoms with E-state index >= 15 is 0 Å². The Balaban J connectivity index is 2.31. The van der Waals surface area contributed by atoms with Crippen molar-refractivity contribution in [3.63, 3.8) is 0 Å². The molecule has 2 atom stereocenters. The molecule has 0 aromatic heterocycles. The second-order valence-electron chi connectivity index (χ2n) is 3.90. The third-order valence-corrected chi connectivity index (χ3v) is 3.15. The van der Waals surface area contributed by atoms with Crippen molar-refractivity contribution in [3.05, 3.63) is 34.9 Å². The number of rotatable bonds is 2. The van der Waals surface area contributed by atoms with Gasteiger partial charge in [0.2, 0.25) is 5.91 Å². The molecule has 1 N–H and O–H groups in total. The highest BCUT2D eigenvalue weighted by atomic mass is 35.5. The van der Waals surface area contributed by atoms with Gasteiger partial charge in [0, 0.05) is 17.5 Å². The predicted octanol–water partition coefficient (Wildman–Crippen LogP) is 1.76. The minimum Gasteiger partial charge on any atom is -0.355 e. The zero-order valence-electron chi connectivity index (χ0n) is 8.65. The van der Waals surface area contributed by atoms with Crippen molar-refractivity contribution in [1.82, 2.24) is 5.32 Å². The molecule has 1 heterocycles. The summed E-state index contributed by atoms with van der Waals surface area (Å²) in [7, 11) is 0. The first-order valence-corrected chi connectivity index (χ1v) is 5.58. The number of amides is 1. The van der Waals surface area contributed by atoms with Gasteiger partial charge in [-0.05, 0) is 24.1 Å². The largest absolute Gasteiger partial charge is 0.355 e. The topological polar surface area (TPSA) is 46.2 Å². The molecule has 4 heteroatoms. The molecule has 0 spiro atoms. The van der Waals surface area contributed by atoms with Crippen molar-refractivity contribution in [3.8, 4) is 0 Å². The lowest BCUT2D eigenvalue weighted by molar-refractivity contribution is -0.131. The van der Waals surface area contributed by atoms with Gasteiger partial charge in [-0.2, -0.15) is 0 Å². The molecule has 1 aromatic carbocycles. The standard InChI is InChI=1S/C12H12ClNO2/c13-9-3-1-2-8(6-9)10-4-5-14-12(16)11(10)7-15/h1-3,6-7,10-11H,4-5H2,(H,14,16)/t10-,11-/m1/s1. The van der Waals surface area contributed by atoms with Gasteiger partial charge in [0.1, 0.15) is 12.2 Å². The minimum atomic E-state index is -0.591. The van der Waals surface area contributed by atoms with Crippen LogP contribution in [0.5, 0.6) is 0 Å². The van der Waals surface area contributed by atoms with Gasteiger partial charge in [0.05, 0.1) is 0 Å². The summed E-state index contributed by atoms with van der Waals surface area (Å²) in [6, 6.07) is 7.35. The zero-order valence-corrected chi connectivity index (χ0v) is 9.41. The normalized spacial score (nSPS) is 24.9. The molecule has 1 aromatic rings. The van der Waals surface area contributed by atoms with Crippen LogP contribution in [0.25, 0.3) is 0 Å². The van der Waals surface area contributed by atoms with Gasteiger partial charge in [0.15, 0.2) is 0 Å². The SMILES string of the molecule is O=C[C@H]1C(=O)NCC[C@@H]1c1cccc(Cl)c1. The van der Waals surface area contributed by atoms with Crippen LogP contribution in [0.1, 0.15) is 17.9 Å². The van der Waals surface area contributed by atoms with Gasteiger partial charge in [0.25, 0.3) is 0 Å². The Hall–Kier alpha value is -1.35. The number of carbonyl (C=O) groups is 2. The van der Waals surface area contributed by atoms with E-state index in [-0.39, 0.29) is 11.8 Å². The van der Waals surface area contributed by atoms with Crippen molar-refractivity contribution < 1.29 is 9.59 Å². The molecule has 0 bridgehead atoms. The Morgan fingerprint density at radius 2 is 2.25 bits per heavy atom. The van der Waals surface area contributed by atoms with Crippen LogP contribution in [0.3, 0.4) is 0 Å². The van der Waals surface area contributed by atoms with Crippen molar-refractivity contribution in [2.24, 2.45) is 5.92 Å². The number of nitrogens with one attached hydrogen (secondary N) is 1. The summed E-state index contributed by atoms with van der Waals surface area (Å²) >= 11 is 5.90. The lowest BCUT2D eigenvalue weighted by Crippen LogP contribution is -2.41. The fourth-order valence-electron chi connectivity index (χ4n) is 2.10. The highest BCUT2D eigenvalue weighted by molar-refractivity contribution is 6.30. The number of benzene rings is 1.